The third kappa shape index (κ3) is 7.85. The highest BCUT2D eigenvalue weighted by Gasteiger charge is 2.12. The normalized spacial score (nSPS) is 10.4. The second-order valence-corrected chi connectivity index (χ2v) is 5.14. The first-order valence-electron chi connectivity index (χ1n) is 7.93. The molecule has 0 aliphatic heterocycles. The predicted molar refractivity (Wildman–Crippen MR) is 89.8 cm³/mol. The van der Waals surface area contributed by atoms with Crippen molar-refractivity contribution in [2.45, 2.75) is 19.8 Å². The lowest BCUT2D eigenvalue weighted by atomic mass is 10.1. The van der Waals surface area contributed by atoms with Gasteiger partial charge in [0.25, 0.3) is 0 Å². The third-order valence-electron chi connectivity index (χ3n) is 3.34. The lowest BCUT2D eigenvalue weighted by molar-refractivity contribution is 0.119. The molecule has 2 amide bonds. The van der Waals surface area contributed by atoms with Crippen molar-refractivity contribution in [1.82, 2.24) is 10.2 Å². The molecule has 1 rings (SSSR count). The van der Waals surface area contributed by atoms with Gasteiger partial charge in [0.05, 0.1) is 13.2 Å². The zero-order chi connectivity index (χ0) is 16.9. The quantitative estimate of drug-likeness (QED) is 0.635. The van der Waals surface area contributed by atoms with E-state index in [0.717, 1.165) is 18.6 Å². The predicted octanol–water partition coefficient (Wildman–Crippen LogP) is 2.28. The van der Waals surface area contributed by atoms with Crippen LogP contribution in [0.5, 0.6) is 5.75 Å². The molecule has 0 heterocycles. The van der Waals surface area contributed by atoms with Gasteiger partial charge in [-0.2, -0.15) is 0 Å². The van der Waals surface area contributed by atoms with Gasteiger partial charge in [-0.15, -0.1) is 0 Å². The summed E-state index contributed by atoms with van der Waals surface area (Å²) in [6.45, 7) is 4.27. The SMILES string of the molecule is CCCc1ccc(OCNC(=O)N(CCOC)CCOC)cc1. The number of ether oxygens (including phenoxy) is 3. The van der Waals surface area contributed by atoms with Crippen LogP contribution in [-0.4, -0.2) is 58.2 Å². The van der Waals surface area contributed by atoms with Gasteiger partial charge in [-0.3, -0.25) is 0 Å². The average molecular weight is 324 g/mol. The van der Waals surface area contributed by atoms with E-state index in [0.29, 0.717) is 26.3 Å². The summed E-state index contributed by atoms with van der Waals surface area (Å²) in [5, 5.41) is 2.74. The molecule has 0 spiro atoms. The maximum Gasteiger partial charge on any atom is 0.320 e. The van der Waals surface area contributed by atoms with Crippen LogP contribution < -0.4 is 10.1 Å². The Kier molecular flexibility index (Phi) is 9.83. The number of hydrogen-bond acceptors (Lipinski definition) is 4. The number of hydrogen-bond donors (Lipinski definition) is 1. The highest BCUT2D eigenvalue weighted by Crippen LogP contribution is 2.12. The molecule has 0 atom stereocenters. The smallest absolute Gasteiger partial charge is 0.320 e. The number of urea groups is 1. The van der Waals surface area contributed by atoms with Crippen molar-refractivity contribution in [3.63, 3.8) is 0 Å². The molecule has 1 aromatic rings. The minimum absolute atomic E-state index is 0.127. The maximum absolute atomic E-state index is 12.1. The molecule has 6 heteroatoms. The highest BCUT2D eigenvalue weighted by molar-refractivity contribution is 5.74. The van der Waals surface area contributed by atoms with E-state index in [1.807, 2.05) is 24.3 Å². The van der Waals surface area contributed by atoms with E-state index in [1.54, 1.807) is 19.1 Å². The van der Waals surface area contributed by atoms with Crippen LogP contribution in [0.3, 0.4) is 0 Å². The van der Waals surface area contributed by atoms with Crippen molar-refractivity contribution in [3.05, 3.63) is 29.8 Å². The summed E-state index contributed by atoms with van der Waals surface area (Å²) >= 11 is 0. The molecule has 23 heavy (non-hydrogen) atoms. The van der Waals surface area contributed by atoms with Crippen molar-refractivity contribution >= 4 is 6.03 Å². The summed E-state index contributed by atoms with van der Waals surface area (Å²) in [4.78, 5) is 13.7. The molecule has 1 N–H and O–H groups in total. The van der Waals surface area contributed by atoms with Crippen molar-refractivity contribution < 1.29 is 19.0 Å². The molecule has 0 aliphatic carbocycles. The van der Waals surface area contributed by atoms with E-state index < -0.39 is 0 Å². The van der Waals surface area contributed by atoms with Gasteiger partial charge in [-0.25, -0.2) is 4.79 Å². The summed E-state index contributed by atoms with van der Waals surface area (Å²) in [5.41, 5.74) is 1.29. The molecule has 6 nitrogen and oxygen atoms in total. The van der Waals surface area contributed by atoms with Gasteiger partial charge in [0, 0.05) is 27.3 Å². The van der Waals surface area contributed by atoms with Crippen molar-refractivity contribution in [1.29, 1.82) is 0 Å². The summed E-state index contributed by atoms with van der Waals surface area (Å²) in [6.07, 6.45) is 2.18. The molecule has 0 bridgehead atoms. The van der Waals surface area contributed by atoms with E-state index in [-0.39, 0.29) is 12.8 Å². The summed E-state index contributed by atoms with van der Waals surface area (Å²) in [5.74, 6) is 0.741. The van der Waals surface area contributed by atoms with Crippen LogP contribution in [0.15, 0.2) is 24.3 Å². The van der Waals surface area contributed by atoms with Crippen molar-refractivity contribution in [3.8, 4) is 5.75 Å². The van der Waals surface area contributed by atoms with Crippen LogP contribution >= 0.6 is 0 Å². The summed E-state index contributed by atoms with van der Waals surface area (Å²) in [7, 11) is 3.22. The number of carbonyl (C=O) groups is 1. The first-order chi connectivity index (χ1) is 11.2. The molecule has 0 fully saturated rings. The lowest BCUT2D eigenvalue weighted by Gasteiger charge is -2.22. The van der Waals surface area contributed by atoms with Crippen molar-refractivity contribution in [2.24, 2.45) is 0 Å². The number of benzene rings is 1. The largest absolute Gasteiger partial charge is 0.473 e. The number of carbonyl (C=O) groups excluding carboxylic acids is 1. The van der Waals surface area contributed by atoms with Gasteiger partial charge in [-0.05, 0) is 24.1 Å². The van der Waals surface area contributed by atoms with E-state index in [9.17, 15) is 4.79 Å². The molecular formula is C17H28N2O4. The van der Waals surface area contributed by atoms with E-state index in [4.69, 9.17) is 14.2 Å². The fourth-order valence-corrected chi connectivity index (χ4v) is 2.05. The molecule has 0 saturated carbocycles. The highest BCUT2D eigenvalue weighted by atomic mass is 16.5. The number of aryl methyl sites for hydroxylation is 1. The minimum Gasteiger partial charge on any atom is -0.473 e. The maximum atomic E-state index is 12.1. The monoisotopic (exact) mass is 324 g/mol. The molecular weight excluding hydrogens is 296 g/mol. The molecule has 0 radical (unpaired) electrons. The van der Waals surface area contributed by atoms with Crippen molar-refractivity contribution in [2.75, 3.05) is 47.3 Å². The number of methoxy groups -OCH3 is 2. The molecule has 0 aromatic heterocycles. The van der Waals surface area contributed by atoms with Gasteiger partial charge in [0.15, 0.2) is 6.73 Å². The van der Waals surface area contributed by atoms with E-state index in [2.05, 4.69) is 12.2 Å². The molecule has 0 aliphatic rings. The number of nitrogens with zero attached hydrogens (tertiary/aromatic N) is 1. The summed E-state index contributed by atoms with van der Waals surface area (Å²) < 4.78 is 15.6. The molecule has 1 aromatic carbocycles. The Morgan fingerprint density at radius 2 is 1.70 bits per heavy atom. The lowest BCUT2D eigenvalue weighted by Crippen LogP contribution is -2.44. The Balaban J connectivity index is 2.37. The Hall–Kier alpha value is -1.79. The van der Waals surface area contributed by atoms with Crippen LogP contribution in [0.4, 0.5) is 4.79 Å². The fourth-order valence-electron chi connectivity index (χ4n) is 2.05. The van der Waals surface area contributed by atoms with Crippen LogP contribution in [0.25, 0.3) is 0 Å². The molecule has 130 valence electrons. The zero-order valence-electron chi connectivity index (χ0n) is 14.3. The first kappa shape index (κ1) is 19.3. The average Bonchev–Trinajstić information content (AvgIpc) is 2.57. The van der Waals surface area contributed by atoms with Crippen LogP contribution in [0.2, 0.25) is 0 Å². The Morgan fingerprint density at radius 1 is 1.09 bits per heavy atom. The molecule has 0 unspecified atom stereocenters. The van der Waals surface area contributed by atoms with Crippen LogP contribution in [0, 0.1) is 0 Å². The van der Waals surface area contributed by atoms with Gasteiger partial charge < -0.3 is 24.4 Å². The standard InChI is InChI=1S/C17H28N2O4/c1-4-5-15-6-8-16(9-7-15)23-14-18-17(20)19(10-12-21-2)11-13-22-3/h6-9H,4-5,10-14H2,1-3H3,(H,18,20). The van der Waals surface area contributed by atoms with E-state index >= 15 is 0 Å². The van der Waals surface area contributed by atoms with Gasteiger partial charge in [0.2, 0.25) is 0 Å². The third-order valence-corrected chi connectivity index (χ3v) is 3.34. The second-order valence-electron chi connectivity index (χ2n) is 5.14. The Bertz CT molecular complexity index is 429. The van der Waals surface area contributed by atoms with Gasteiger partial charge >= 0.3 is 6.03 Å². The van der Waals surface area contributed by atoms with Crippen LogP contribution in [0.1, 0.15) is 18.9 Å². The number of amides is 2. The second kappa shape index (κ2) is 11.7. The summed E-state index contributed by atoms with van der Waals surface area (Å²) in [6, 6.07) is 7.74. The van der Waals surface area contributed by atoms with Gasteiger partial charge in [-0.1, -0.05) is 25.5 Å². The minimum atomic E-state index is -0.193. The Morgan fingerprint density at radius 3 is 2.22 bits per heavy atom. The first-order valence-corrected chi connectivity index (χ1v) is 7.93. The number of rotatable bonds is 11. The zero-order valence-corrected chi connectivity index (χ0v) is 14.3. The van der Waals surface area contributed by atoms with Crippen LogP contribution in [-0.2, 0) is 15.9 Å². The number of nitrogens with one attached hydrogen (secondary N) is 1. The van der Waals surface area contributed by atoms with Gasteiger partial charge in [0.1, 0.15) is 5.75 Å². The topological polar surface area (TPSA) is 60.0 Å². The fraction of sp³-hybridized carbons (Fsp3) is 0.588. The Labute approximate surface area is 138 Å². The van der Waals surface area contributed by atoms with E-state index in [1.165, 1.54) is 5.56 Å². The molecule has 0 saturated heterocycles.